The average molecular weight is 1660 g/mol. The molecular formula is C106H172F6O6. The summed E-state index contributed by atoms with van der Waals surface area (Å²) in [6.07, 6.45) is 38.0. The van der Waals surface area contributed by atoms with Gasteiger partial charge in [0, 0.05) is 37.9 Å². The third kappa shape index (κ3) is 56.6. The number of allylic oxidation sites excluding steroid dienone is 10. The normalized spacial score (nSPS) is 27.4. The van der Waals surface area contributed by atoms with Crippen LogP contribution in [0.25, 0.3) is 0 Å². The summed E-state index contributed by atoms with van der Waals surface area (Å²) in [4.78, 5) is 0. The third-order valence-electron chi connectivity index (χ3n) is 23.2. The van der Waals surface area contributed by atoms with Gasteiger partial charge in [-0.1, -0.05) is 216 Å². The molecule has 0 amide bonds. The number of aryl methyl sites for hydroxylation is 8. The van der Waals surface area contributed by atoms with Crippen molar-refractivity contribution in [3.63, 3.8) is 0 Å². The number of hydrogen-bond donors (Lipinski definition) is 0. The molecule has 14 rings (SSSR count). The van der Waals surface area contributed by atoms with E-state index in [1.165, 1.54) is 153 Å². The van der Waals surface area contributed by atoms with E-state index >= 15 is 0 Å². The highest BCUT2D eigenvalue weighted by Gasteiger charge is 2.20. The zero-order valence-electron chi connectivity index (χ0n) is 80.0. The second kappa shape index (κ2) is 63.8. The maximum absolute atomic E-state index is 12.7. The number of halogens is 6. The Balaban J connectivity index is 0.000000636. The first-order valence-electron chi connectivity index (χ1n) is 45.8. The average Bonchev–Trinajstić information content (AvgIpc) is 0.860. The minimum Gasteiger partial charge on any atom is -0.378 e. The molecule has 0 N–H and O–H groups in total. The van der Waals surface area contributed by atoms with Crippen molar-refractivity contribution in [2.75, 3.05) is 39.6 Å². The molecule has 10 unspecified atom stereocenters. The van der Waals surface area contributed by atoms with Crippen molar-refractivity contribution in [1.82, 2.24) is 0 Å². The second-order valence-corrected chi connectivity index (χ2v) is 37.5. The molecule has 12 heteroatoms. The minimum absolute atomic E-state index is 0.0196. The SMILES string of the molecule is CC1=C(F)CC(C)CC1.CC1=C(F)CC(C)CC1.CC1=CCC(C)CC1.CC1=CCC(C)CC1.CC1C=CC(C)CC1.CC1CCC(C)CC1.CC1CCC(C)OC1.CC1CCC(C)OC1.CC1COC(C)OC1.CC1COC(C)OC1.Cc1ccc(C)c(F)c1.Cc1ccc(C)c(F)c1.Cc1ccc(C)c(F)c1F.Cc1ccc(C)cc1. The summed E-state index contributed by atoms with van der Waals surface area (Å²) >= 11 is 0. The molecular weight excluding hydrogens is 1480 g/mol. The van der Waals surface area contributed by atoms with Crippen molar-refractivity contribution in [3.05, 3.63) is 199 Å². The summed E-state index contributed by atoms with van der Waals surface area (Å²) in [6.45, 7) is 63.1. The second-order valence-electron chi connectivity index (χ2n) is 37.5. The maximum Gasteiger partial charge on any atom is 0.161 e. The van der Waals surface area contributed by atoms with Gasteiger partial charge in [0.05, 0.1) is 50.3 Å². The van der Waals surface area contributed by atoms with Crippen molar-refractivity contribution >= 4 is 0 Å². The topological polar surface area (TPSA) is 55.4 Å². The zero-order chi connectivity index (χ0) is 89.0. The van der Waals surface area contributed by atoms with E-state index < -0.39 is 11.6 Å². The lowest BCUT2D eigenvalue weighted by molar-refractivity contribution is -0.187. The molecule has 674 valence electrons. The minimum atomic E-state index is -0.736. The summed E-state index contributed by atoms with van der Waals surface area (Å²) in [5.74, 6) is 8.04. The highest BCUT2D eigenvalue weighted by Crippen LogP contribution is 2.32. The third-order valence-corrected chi connectivity index (χ3v) is 23.2. The molecule has 10 atom stereocenters. The van der Waals surface area contributed by atoms with Gasteiger partial charge in [0.1, 0.15) is 11.6 Å². The Morgan fingerprint density at radius 1 is 0.263 bits per heavy atom. The Bertz CT molecular complexity index is 3070. The monoisotopic (exact) mass is 1660 g/mol. The Morgan fingerprint density at radius 2 is 0.542 bits per heavy atom. The molecule has 0 bridgehead atoms. The molecule has 118 heavy (non-hydrogen) atoms. The lowest BCUT2D eigenvalue weighted by Gasteiger charge is -2.24. The molecule has 0 spiro atoms. The van der Waals surface area contributed by atoms with Gasteiger partial charge in [-0.25, -0.2) is 26.3 Å². The molecule has 0 aromatic heterocycles. The molecule has 6 aliphatic carbocycles. The van der Waals surface area contributed by atoms with Crippen LogP contribution >= 0.6 is 0 Å². The van der Waals surface area contributed by atoms with E-state index in [1.54, 1.807) is 49.3 Å². The van der Waals surface area contributed by atoms with Crippen molar-refractivity contribution in [2.45, 2.75) is 360 Å². The van der Waals surface area contributed by atoms with Gasteiger partial charge in [-0.3, -0.25) is 0 Å². The molecule has 4 aromatic rings. The van der Waals surface area contributed by atoms with Gasteiger partial charge in [0.25, 0.3) is 0 Å². The fourth-order valence-corrected chi connectivity index (χ4v) is 13.3. The Morgan fingerprint density at radius 3 is 0.763 bits per heavy atom. The largest absolute Gasteiger partial charge is 0.378 e. The Labute approximate surface area is 720 Å². The molecule has 0 radical (unpaired) electrons. The van der Waals surface area contributed by atoms with Crippen LogP contribution in [0.4, 0.5) is 26.3 Å². The summed E-state index contributed by atoms with van der Waals surface area (Å²) in [6, 6.07) is 22.0. The number of rotatable bonds is 0. The van der Waals surface area contributed by atoms with Crippen molar-refractivity contribution in [2.24, 2.45) is 71.0 Å². The summed E-state index contributed by atoms with van der Waals surface area (Å²) in [5, 5.41) is 0. The number of ether oxygens (including phenoxy) is 6. The first-order valence-corrected chi connectivity index (χ1v) is 45.8. The van der Waals surface area contributed by atoms with Crippen LogP contribution in [0.1, 0.15) is 324 Å². The standard InChI is InChI=1S/C8H8F2.2C8H13F.2C8H9F.C8H16.3C8H14.C8H10.2C7H14O.2C6H12O2/c1-5-3-4-6(2)8(10)7(5)9;4*1-6-3-4-7(2)8(9)5-6;5*1-7-3-5-8(2)6-4-7;2*1-6-3-4-7(2)8-5-6;2*1-5-3-7-6(2)8-4-5/h3-4H,1-2H3;2*6H,3-5H2,1-2H3;2*3-5H,1-2H3;7-8H,3-6H2,1-2H3;2*3,8H,4-6H2,1-2H3;3,5,7-8H,4,6H2,1-2H3;3-6H,1-2H3;2*6-7H,3-5H2,1-2H3;2*5-6H,3-4H2,1-2H3. The summed E-state index contributed by atoms with van der Waals surface area (Å²) in [5.41, 5.74) is 11.8. The van der Waals surface area contributed by atoms with Gasteiger partial charge in [0.15, 0.2) is 24.2 Å². The van der Waals surface area contributed by atoms with E-state index in [9.17, 15) is 26.3 Å². The first kappa shape index (κ1) is 111. The van der Waals surface area contributed by atoms with Crippen LogP contribution in [0.3, 0.4) is 0 Å². The van der Waals surface area contributed by atoms with Gasteiger partial charge in [0.2, 0.25) is 0 Å². The van der Waals surface area contributed by atoms with E-state index in [4.69, 9.17) is 28.4 Å². The quantitative estimate of drug-likeness (QED) is 0.129. The van der Waals surface area contributed by atoms with Crippen LogP contribution < -0.4 is 0 Å². The summed E-state index contributed by atoms with van der Waals surface area (Å²) in [7, 11) is 0. The van der Waals surface area contributed by atoms with E-state index in [-0.39, 0.29) is 35.9 Å². The lowest BCUT2D eigenvalue weighted by Crippen LogP contribution is -2.27. The Kier molecular flexibility index (Phi) is 60.0. The molecule has 10 aliphatic rings. The van der Waals surface area contributed by atoms with Crippen LogP contribution in [0.15, 0.2) is 131 Å². The van der Waals surface area contributed by atoms with Crippen LogP contribution in [0, 0.1) is 150 Å². The van der Waals surface area contributed by atoms with E-state index in [1.807, 2.05) is 53.7 Å². The number of hydrogen-bond acceptors (Lipinski definition) is 6. The zero-order valence-corrected chi connectivity index (χ0v) is 80.0. The van der Waals surface area contributed by atoms with E-state index in [0.29, 0.717) is 71.0 Å². The highest BCUT2D eigenvalue weighted by atomic mass is 19.2. The van der Waals surface area contributed by atoms with Crippen LogP contribution in [0.2, 0.25) is 0 Å². The van der Waals surface area contributed by atoms with Crippen LogP contribution in [-0.2, 0) is 28.4 Å². The molecule has 6 nitrogen and oxygen atoms in total. The predicted octanol–water partition coefficient (Wildman–Crippen LogP) is 32.5. The molecule has 5 fully saturated rings. The van der Waals surface area contributed by atoms with Crippen molar-refractivity contribution < 1.29 is 54.8 Å². The highest BCUT2D eigenvalue weighted by molar-refractivity contribution is 5.25. The van der Waals surface area contributed by atoms with Gasteiger partial charge < -0.3 is 28.4 Å². The lowest BCUT2D eigenvalue weighted by atomic mass is 9.84. The van der Waals surface area contributed by atoms with Gasteiger partial charge in [-0.2, -0.15) is 0 Å². The van der Waals surface area contributed by atoms with Crippen LogP contribution in [0.5, 0.6) is 0 Å². The molecule has 4 aliphatic heterocycles. The van der Waals surface area contributed by atoms with Gasteiger partial charge >= 0.3 is 0 Å². The fourth-order valence-electron chi connectivity index (χ4n) is 13.3. The van der Waals surface area contributed by atoms with Crippen molar-refractivity contribution in [3.8, 4) is 0 Å². The molecule has 4 heterocycles. The van der Waals surface area contributed by atoms with Gasteiger partial charge in [-0.15, -0.1) is 0 Å². The molecule has 4 saturated heterocycles. The molecule has 1 saturated carbocycles. The Hall–Kier alpha value is -5.08. The van der Waals surface area contributed by atoms with Crippen LogP contribution in [-0.4, -0.2) is 64.4 Å². The molecule has 4 aromatic carbocycles. The smallest absolute Gasteiger partial charge is 0.161 e. The fraction of sp³-hybridized carbons (Fsp3) is 0.679. The predicted molar refractivity (Wildman–Crippen MR) is 493 cm³/mol. The van der Waals surface area contributed by atoms with E-state index in [0.717, 1.165) is 122 Å². The first-order chi connectivity index (χ1) is 55.5. The number of benzene rings is 4. The van der Waals surface area contributed by atoms with E-state index in [2.05, 4.69) is 173 Å². The summed E-state index contributed by atoms with van der Waals surface area (Å²) < 4.78 is 107. The van der Waals surface area contributed by atoms with Crippen molar-refractivity contribution in [1.29, 1.82) is 0 Å². The van der Waals surface area contributed by atoms with Gasteiger partial charge in [-0.05, 0) is 329 Å². The maximum atomic E-state index is 12.7.